The van der Waals surface area contributed by atoms with Gasteiger partial charge in [0.25, 0.3) is 11.8 Å². The van der Waals surface area contributed by atoms with E-state index in [0.717, 1.165) is 9.37 Å². The topological polar surface area (TPSA) is 74.7 Å². The van der Waals surface area contributed by atoms with Crippen molar-refractivity contribution in [1.82, 2.24) is 4.90 Å². The Hall–Kier alpha value is -2.31. The van der Waals surface area contributed by atoms with Gasteiger partial charge in [0, 0.05) is 11.0 Å². The first-order chi connectivity index (χ1) is 11.9. The summed E-state index contributed by atoms with van der Waals surface area (Å²) in [5.41, 5.74) is 1.21. The van der Waals surface area contributed by atoms with Gasteiger partial charge in [0.05, 0.1) is 23.1 Å². The van der Waals surface area contributed by atoms with E-state index in [0.29, 0.717) is 16.7 Å². The molecule has 2 unspecified atom stereocenters. The van der Waals surface area contributed by atoms with E-state index < -0.39 is 23.8 Å². The van der Waals surface area contributed by atoms with E-state index in [1.807, 2.05) is 0 Å². The first kappa shape index (κ1) is 17.5. The zero-order valence-corrected chi connectivity index (χ0v) is 15.1. The van der Waals surface area contributed by atoms with Crippen molar-refractivity contribution >= 4 is 33.5 Å². The average molecular weight is 402 g/mol. The van der Waals surface area contributed by atoms with Crippen molar-refractivity contribution in [2.24, 2.45) is 5.92 Å². The summed E-state index contributed by atoms with van der Waals surface area (Å²) in [4.78, 5) is 38.1. The molecule has 2 aromatic rings. The number of hydrogen-bond donors (Lipinski definition) is 1. The molecule has 2 amide bonds. The number of benzene rings is 2. The van der Waals surface area contributed by atoms with Gasteiger partial charge in [-0.25, -0.2) is 0 Å². The molecular weight excluding hydrogens is 386 g/mol. The lowest BCUT2D eigenvalue weighted by Gasteiger charge is -2.25. The molecule has 0 saturated heterocycles. The normalized spacial score (nSPS) is 15.9. The smallest absolute Gasteiger partial charge is 0.261 e. The number of rotatable bonds is 5. The highest BCUT2D eigenvalue weighted by atomic mass is 79.9. The van der Waals surface area contributed by atoms with Gasteiger partial charge in [-0.15, -0.1) is 0 Å². The fourth-order valence-electron chi connectivity index (χ4n) is 2.94. The number of hydrogen-bond acceptors (Lipinski definition) is 4. The van der Waals surface area contributed by atoms with Crippen LogP contribution in [0.1, 0.15) is 39.3 Å². The van der Waals surface area contributed by atoms with Crippen LogP contribution in [0.25, 0.3) is 0 Å². The van der Waals surface area contributed by atoms with E-state index in [-0.39, 0.29) is 12.3 Å². The standard InChI is InChI=1S/C19H16BrNO4/c1-11(22)16(17(23)12-6-8-13(20)9-7-12)10-21-18(24)14-4-2-3-5-15(14)19(21)25/h2-9,16-17,23H,10H2,1H3. The quantitative estimate of drug-likeness (QED) is 0.781. The second-order valence-electron chi connectivity index (χ2n) is 5.98. The predicted octanol–water partition coefficient (Wildman–Crippen LogP) is 2.98. The molecule has 1 heterocycles. The number of imide groups is 1. The summed E-state index contributed by atoms with van der Waals surface area (Å²) in [5, 5.41) is 10.6. The van der Waals surface area contributed by atoms with Crippen molar-refractivity contribution in [2.45, 2.75) is 13.0 Å². The van der Waals surface area contributed by atoms with Crippen molar-refractivity contribution in [3.8, 4) is 0 Å². The molecule has 0 radical (unpaired) electrons. The number of carbonyl (C=O) groups excluding carboxylic acids is 3. The maximum Gasteiger partial charge on any atom is 0.261 e. The molecule has 2 atom stereocenters. The predicted molar refractivity (Wildman–Crippen MR) is 95.1 cm³/mol. The Kier molecular flexibility index (Phi) is 4.83. The number of aliphatic hydroxyl groups is 1. The highest BCUT2D eigenvalue weighted by molar-refractivity contribution is 9.10. The van der Waals surface area contributed by atoms with Crippen molar-refractivity contribution in [3.05, 3.63) is 69.7 Å². The number of ketones is 1. The molecule has 0 aromatic heterocycles. The van der Waals surface area contributed by atoms with Crippen molar-refractivity contribution in [2.75, 3.05) is 6.54 Å². The molecule has 1 aliphatic rings. The number of amides is 2. The molecule has 25 heavy (non-hydrogen) atoms. The average Bonchev–Trinajstić information content (AvgIpc) is 2.84. The Morgan fingerprint density at radius 3 is 2.04 bits per heavy atom. The maximum atomic E-state index is 12.5. The summed E-state index contributed by atoms with van der Waals surface area (Å²) in [6, 6.07) is 13.5. The lowest BCUT2D eigenvalue weighted by Crippen LogP contribution is -2.39. The summed E-state index contributed by atoms with van der Waals surface area (Å²) in [6.07, 6.45) is -1.10. The van der Waals surface area contributed by atoms with Gasteiger partial charge < -0.3 is 5.11 Å². The van der Waals surface area contributed by atoms with Gasteiger partial charge in [-0.1, -0.05) is 40.2 Å². The number of carbonyl (C=O) groups is 3. The highest BCUT2D eigenvalue weighted by Gasteiger charge is 2.39. The number of halogens is 1. The summed E-state index contributed by atoms with van der Waals surface area (Å²) >= 11 is 3.32. The molecule has 2 aromatic carbocycles. The van der Waals surface area contributed by atoms with E-state index >= 15 is 0 Å². The van der Waals surface area contributed by atoms with Crippen LogP contribution in [-0.2, 0) is 4.79 Å². The third-order valence-corrected chi connectivity index (χ3v) is 4.90. The van der Waals surface area contributed by atoms with Gasteiger partial charge >= 0.3 is 0 Å². The Balaban J connectivity index is 1.86. The van der Waals surface area contributed by atoms with Crippen LogP contribution in [0, 0.1) is 5.92 Å². The zero-order chi connectivity index (χ0) is 18.1. The number of Topliss-reactive ketones (excluding diaryl/α,β-unsaturated/α-hetero) is 1. The first-order valence-corrected chi connectivity index (χ1v) is 8.58. The molecule has 6 heteroatoms. The summed E-state index contributed by atoms with van der Waals surface area (Å²) < 4.78 is 0.850. The third kappa shape index (κ3) is 3.27. The summed E-state index contributed by atoms with van der Waals surface area (Å²) in [5.74, 6) is -2.04. The zero-order valence-electron chi connectivity index (χ0n) is 13.5. The monoisotopic (exact) mass is 401 g/mol. The second-order valence-corrected chi connectivity index (χ2v) is 6.90. The van der Waals surface area contributed by atoms with Gasteiger partial charge in [0.2, 0.25) is 0 Å². The fraction of sp³-hybridized carbons (Fsp3) is 0.211. The highest BCUT2D eigenvalue weighted by Crippen LogP contribution is 2.29. The van der Waals surface area contributed by atoms with Crippen LogP contribution in [0.3, 0.4) is 0 Å². The van der Waals surface area contributed by atoms with E-state index in [9.17, 15) is 19.5 Å². The molecule has 0 fully saturated rings. The molecule has 128 valence electrons. The Morgan fingerprint density at radius 1 is 1.04 bits per heavy atom. The number of fused-ring (bicyclic) bond motifs is 1. The van der Waals surface area contributed by atoms with E-state index in [1.165, 1.54) is 6.92 Å². The molecule has 0 aliphatic carbocycles. The molecule has 0 bridgehead atoms. The van der Waals surface area contributed by atoms with Gasteiger partial charge in [0.15, 0.2) is 0 Å². The van der Waals surface area contributed by atoms with Crippen LogP contribution >= 0.6 is 15.9 Å². The molecule has 0 spiro atoms. The van der Waals surface area contributed by atoms with Crippen LogP contribution in [-0.4, -0.2) is 34.1 Å². The van der Waals surface area contributed by atoms with E-state index in [1.54, 1.807) is 48.5 Å². The van der Waals surface area contributed by atoms with Gasteiger partial charge in [0.1, 0.15) is 5.78 Å². The SMILES string of the molecule is CC(=O)C(CN1C(=O)c2ccccc2C1=O)C(O)c1ccc(Br)cc1. The first-order valence-electron chi connectivity index (χ1n) is 7.79. The number of aliphatic hydroxyl groups excluding tert-OH is 1. The maximum absolute atomic E-state index is 12.5. The molecular formula is C19H16BrNO4. The van der Waals surface area contributed by atoms with Crippen LogP contribution < -0.4 is 0 Å². The Morgan fingerprint density at radius 2 is 1.56 bits per heavy atom. The van der Waals surface area contributed by atoms with Crippen LogP contribution in [0.4, 0.5) is 0 Å². The van der Waals surface area contributed by atoms with Gasteiger partial charge in [-0.3, -0.25) is 19.3 Å². The van der Waals surface area contributed by atoms with Crippen LogP contribution in [0.15, 0.2) is 53.0 Å². The van der Waals surface area contributed by atoms with Crippen molar-refractivity contribution in [3.63, 3.8) is 0 Å². The lowest BCUT2D eigenvalue weighted by atomic mass is 9.92. The Bertz CT molecular complexity index is 812. The fourth-order valence-corrected chi connectivity index (χ4v) is 3.21. The molecule has 3 rings (SSSR count). The van der Waals surface area contributed by atoms with Crippen molar-refractivity contribution in [1.29, 1.82) is 0 Å². The van der Waals surface area contributed by atoms with Crippen molar-refractivity contribution < 1.29 is 19.5 Å². The van der Waals surface area contributed by atoms with Crippen LogP contribution in [0.5, 0.6) is 0 Å². The Labute approximate surface area is 153 Å². The minimum Gasteiger partial charge on any atom is -0.388 e. The lowest BCUT2D eigenvalue weighted by molar-refractivity contribution is -0.124. The molecule has 1 N–H and O–H groups in total. The van der Waals surface area contributed by atoms with E-state index in [2.05, 4.69) is 15.9 Å². The van der Waals surface area contributed by atoms with E-state index in [4.69, 9.17) is 0 Å². The summed E-state index contributed by atoms with van der Waals surface area (Å²) in [7, 11) is 0. The van der Waals surface area contributed by atoms with Gasteiger partial charge in [-0.05, 0) is 36.8 Å². The second kappa shape index (κ2) is 6.90. The summed E-state index contributed by atoms with van der Waals surface area (Å²) in [6.45, 7) is 1.20. The minimum absolute atomic E-state index is 0.154. The molecule has 5 nitrogen and oxygen atoms in total. The largest absolute Gasteiger partial charge is 0.388 e. The van der Waals surface area contributed by atoms with Gasteiger partial charge in [-0.2, -0.15) is 0 Å². The third-order valence-electron chi connectivity index (χ3n) is 4.37. The van der Waals surface area contributed by atoms with Crippen LogP contribution in [0.2, 0.25) is 0 Å². The minimum atomic E-state index is -1.10. The molecule has 0 saturated carbocycles. The molecule has 1 aliphatic heterocycles. The number of nitrogens with zero attached hydrogens (tertiary/aromatic N) is 1.